The summed E-state index contributed by atoms with van der Waals surface area (Å²) in [7, 11) is 1.01. The molecule has 0 fully saturated rings. The number of amides is 1. The van der Waals surface area contributed by atoms with Crippen LogP contribution >= 0.6 is 0 Å². The second-order valence-corrected chi connectivity index (χ2v) is 10.6. The summed E-state index contributed by atoms with van der Waals surface area (Å²) in [4.78, 5) is 15.2. The molecule has 0 aromatic heterocycles. The average Bonchev–Trinajstić information content (AvgIpc) is 3.14. The van der Waals surface area contributed by atoms with Gasteiger partial charge in [0.15, 0.2) is 11.5 Å². The van der Waals surface area contributed by atoms with Gasteiger partial charge < -0.3 is 24.8 Å². The fraction of sp³-hybridized carbons (Fsp3) is 0.480. The van der Waals surface area contributed by atoms with E-state index < -0.39 is 15.9 Å². The number of sulfone groups is 1. The van der Waals surface area contributed by atoms with Gasteiger partial charge in [0.25, 0.3) is 5.91 Å². The molecule has 0 spiro atoms. The number of rotatable bonds is 9. The van der Waals surface area contributed by atoms with Gasteiger partial charge in [0.1, 0.15) is 9.84 Å². The van der Waals surface area contributed by atoms with Crippen molar-refractivity contribution in [3.05, 3.63) is 52.6 Å². The summed E-state index contributed by atoms with van der Waals surface area (Å²) in [6.07, 6.45) is 1.19. The molecule has 8 nitrogen and oxygen atoms in total. The van der Waals surface area contributed by atoms with Crippen LogP contribution in [0.2, 0.25) is 0 Å². The van der Waals surface area contributed by atoms with Gasteiger partial charge in [-0.15, -0.1) is 0 Å². The first-order chi connectivity index (χ1) is 16.1. The maximum Gasteiger partial charge on any atom is 0.255 e. The summed E-state index contributed by atoms with van der Waals surface area (Å²) in [6.45, 7) is 6.80. The summed E-state index contributed by atoms with van der Waals surface area (Å²) in [5.41, 5.74) is 4.16. The maximum absolute atomic E-state index is 13.5. The predicted octanol–water partition coefficient (Wildman–Crippen LogP) is 3.61. The second-order valence-electron chi connectivity index (χ2n) is 8.38. The van der Waals surface area contributed by atoms with Gasteiger partial charge in [-0.1, -0.05) is 19.9 Å². The van der Waals surface area contributed by atoms with Gasteiger partial charge in [-0.25, -0.2) is 8.42 Å². The third-order valence-electron chi connectivity index (χ3n) is 5.74. The highest BCUT2D eigenvalue weighted by Gasteiger charge is 2.37. The molecule has 0 saturated heterocycles. The SMILES string of the molecule is CCOc1cc([C@@H](CS(C)(=O)=O)N2Cc3c(NC)cc(C(C)C)cc3C2=O)ccc1OC.CO. The molecular weight excluding hydrogens is 456 g/mol. The Balaban J connectivity index is 0.00000199. The van der Waals surface area contributed by atoms with E-state index in [0.717, 1.165) is 23.9 Å². The number of hydrogen-bond donors (Lipinski definition) is 2. The number of ether oxygens (including phenoxy) is 2. The third-order valence-corrected chi connectivity index (χ3v) is 6.66. The standard InChI is InChI=1S/C24H32N2O5S.CH4O/c1-7-31-23-12-16(8-9-22(23)30-5)21(14-32(6,28)29)26-13-19-18(24(26)27)10-17(15(2)3)11-20(19)25-4;1-2/h8-12,15,21,25H,7,13-14H2,1-6H3;2H,1H3/t21-;/m1./s1. The number of carbonyl (C=O) groups excluding carboxylic acids is 1. The Morgan fingerprint density at radius 1 is 1.12 bits per heavy atom. The molecule has 2 aromatic rings. The van der Waals surface area contributed by atoms with Crippen LogP contribution in [0.25, 0.3) is 0 Å². The molecular formula is C25H36N2O6S. The van der Waals surface area contributed by atoms with Gasteiger partial charge in [0, 0.05) is 43.8 Å². The molecule has 9 heteroatoms. The lowest BCUT2D eigenvalue weighted by Crippen LogP contribution is -2.33. The first-order valence-corrected chi connectivity index (χ1v) is 13.2. The lowest BCUT2D eigenvalue weighted by atomic mass is 9.97. The number of benzene rings is 2. The van der Waals surface area contributed by atoms with Crippen molar-refractivity contribution in [2.75, 3.05) is 45.2 Å². The van der Waals surface area contributed by atoms with Crippen molar-refractivity contribution >= 4 is 21.4 Å². The maximum atomic E-state index is 13.5. The van der Waals surface area contributed by atoms with Gasteiger partial charge in [0.2, 0.25) is 0 Å². The van der Waals surface area contributed by atoms with E-state index in [1.54, 1.807) is 30.2 Å². The van der Waals surface area contributed by atoms with E-state index in [1.807, 2.05) is 20.0 Å². The first kappa shape index (κ1) is 27.5. The number of nitrogens with one attached hydrogen (secondary N) is 1. The lowest BCUT2D eigenvalue weighted by Gasteiger charge is -2.28. The number of aliphatic hydroxyl groups excluding tert-OH is 1. The van der Waals surface area contributed by atoms with E-state index in [0.29, 0.717) is 35.8 Å². The highest BCUT2D eigenvalue weighted by molar-refractivity contribution is 7.90. The summed E-state index contributed by atoms with van der Waals surface area (Å²) in [5.74, 6) is 0.992. The molecule has 0 saturated carbocycles. The number of anilines is 1. The topological polar surface area (TPSA) is 105 Å². The molecule has 2 N–H and O–H groups in total. The van der Waals surface area contributed by atoms with Crippen molar-refractivity contribution in [2.24, 2.45) is 0 Å². The quantitative estimate of drug-likeness (QED) is 0.551. The number of aliphatic hydroxyl groups is 1. The van der Waals surface area contributed by atoms with Crippen LogP contribution in [0.1, 0.15) is 59.8 Å². The predicted molar refractivity (Wildman–Crippen MR) is 135 cm³/mol. The van der Waals surface area contributed by atoms with Crippen molar-refractivity contribution in [3.8, 4) is 11.5 Å². The van der Waals surface area contributed by atoms with E-state index in [4.69, 9.17) is 14.6 Å². The molecule has 3 rings (SSSR count). The number of fused-ring (bicyclic) bond motifs is 1. The number of carbonyl (C=O) groups is 1. The van der Waals surface area contributed by atoms with E-state index in [1.165, 1.54) is 6.26 Å². The molecule has 1 amide bonds. The Kier molecular flexibility index (Phi) is 9.35. The molecule has 1 aliphatic rings. The average molecular weight is 493 g/mol. The van der Waals surface area contributed by atoms with Crippen molar-refractivity contribution in [1.29, 1.82) is 0 Å². The van der Waals surface area contributed by atoms with Crippen LogP contribution in [-0.4, -0.2) is 64.2 Å². The van der Waals surface area contributed by atoms with E-state index in [2.05, 4.69) is 25.2 Å². The highest BCUT2D eigenvalue weighted by atomic mass is 32.2. The fourth-order valence-electron chi connectivity index (χ4n) is 4.08. The smallest absolute Gasteiger partial charge is 0.255 e. The van der Waals surface area contributed by atoms with Crippen LogP contribution in [0.4, 0.5) is 5.69 Å². The molecule has 34 heavy (non-hydrogen) atoms. The number of hydrogen-bond acceptors (Lipinski definition) is 7. The molecule has 1 atom stereocenters. The van der Waals surface area contributed by atoms with Gasteiger partial charge in [-0.2, -0.15) is 0 Å². The van der Waals surface area contributed by atoms with Crippen molar-refractivity contribution in [3.63, 3.8) is 0 Å². The number of nitrogens with zero attached hydrogens (tertiary/aromatic N) is 1. The van der Waals surface area contributed by atoms with Crippen molar-refractivity contribution in [2.45, 2.75) is 39.3 Å². The van der Waals surface area contributed by atoms with Crippen molar-refractivity contribution in [1.82, 2.24) is 4.90 Å². The molecule has 188 valence electrons. The molecule has 0 aliphatic carbocycles. The molecule has 1 aliphatic heterocycles. The summed E-state index contributed by atoms with van der Waals surface area (Å²) >= 11 is 0. The summed E-state index contributed by atoms with van der Waals surface area (Å²) in [6, 6.07) is 8.66. The Bertz CT molecular complexity index is 1110. The van der Waals surface area contributed by atoms with Gasteiger partial charge in [0.05, 0.1) is 25.5 Å². The number of methoxy groups -OCH3 is 1. The fourth-order valence-corrected chi connectivity index (χ4v) is 5.03. The molecule has 2 aromatic carbocycles. The molecule has 0 bridgehead atoms. The van der Waals surface area contributed by atoms with Crippen LogP contribution in [0.5, 0.6) is 11.5 Å². The third kappa shape index (κ3) is 6.01. The highest BCUT2D eigenvalue weighted by Crippen LogP contribution is 2.39. The van der Waals surface area contributed by atoms with Crippen LogP contribution in [-0.2, 0) is 16.4 Å². The minimum absolute atomic E-state index is 0.165. The zero-order chi connectivity index (χ0) is 25.6. The Labute approximate surface area is 202 Å². The summed E-state index contributed by atoms with van der Waals surface area (Å²) in [5, 5.41) is 10.2. The largest absolute Gasteiger partial charge is 0.493 e. The minimum Gasteiger partial charge on any atom is -0.493 e. The summed E-state index contributed by atoms with van der Waals surface area (Å²) < 4.78 is 35.7. The lowest BCUT2D eigenvalue weighted by molar-refractivity contribution is 0.0718. The zero-order valence-corrected chi connectivity index (χ0v) is 21.8. The zero-order valence-electron chi connectivity index (χ0n) is 21.0. The first-order valence-electron chi connectivity index (χ1n) is 11.2. The van der Waals surface area contributed by atoms with E-state index in [-0.39, 0.29) is 17.6 Å². The molecule has 0 radical (unpaired) electrons. The van der Waals surface area contributed by atoms with Gasteiger partial charge in [-0.3, -0.25) is 4.79 Å². The van der Waals surface area contributed by atoms with Crippen LogP contribution in [0, 0.1) is 0 Å². The van der Waals surface area contributed by atoms with Crippen LogP contribution in [0.3, 0.4) is 0 Å². The van der Waals surface area contributed by atoms with E-state index in [9.17, 15) is 13.2 Å². The van der Waals surface area contributed by atoms with Crippen LogP contribution in [0.15, 0.2) is 30.3 Å². The Morgan fingerprint density at radius 2 is 1.79 bits per heavy atom. The Hall–Kier alpha value is -2.78. The van der Waals surface area contributed by atoms with E-state index >= 15 is 0 Å². The second kappa shape index (κ2) is 11.6. The molecule has 0 unspecified atom stereocenters. The van der Waals surface area contributed by atoms with Crippen LogP contribution < -0.4 is 14.8 Å². The van der Waals surface area contributed by atoms with Crippen molar-refractivity contribution < 1.29 is 27.8 Å². The van der Waals surface area contributed by atoms with Gasteiger partial charge >= 0.3 is 0 Å². The monoisotopic (exact) mass is 492 g/mol. The Morgan fingerprint density at radius 3 is 2.32 bits per heavy atom. The normalized spacial score (nSPS) is 13.8. The molecule has 1 heterocycles. The minimum atomic E-state index is -3.38. The van der Waals surface area contributed by atoms with Gasteiger partial charge in [-0.05, 0) is 48.2 Å².